The summed E-state index contributed by atoms with van der Waals surface area (Å²) in [6.07, 6.45) is 7.08. The van der Waals surface area contributed by atoms with E-state index in [-0.39, 0.29) is 5.43 Å². The summed E-state index contributed by atoms with van der Waals surface area (Å²) in [6, 6.07) is 1.57. The van der Waals surface area contributed by atoms with E-state index in [9.17, 15) is 4.79 Å². The van der Waals surface area contributed by atoms with Gasteiger partial charge in [0.2, 0.25) is 0 Å². The lowest BCUT2D eigenvalue weighted by atomic mass is 10.3. The molecule has 0 bridgehead atoms. The first kappa shape index (κ1) is 8.74. The maximum Gasteiger partial charge on any atom is 0.184 e. The molecule has 4 heteroatoms. The lowest BCUT2D eigenvalue weighted by Crippen LogP contribution is -2.09. The first-order chi connectivity index (χ1) is 6.75. The second-order valence-electron chi connectivity index (χ2n) is 3.20. The monoisotopic (exact) mass is 189 g/mol. The van der Waals surface area contributed by atoms with E-state index in [2.05, 4.69) is 9.97 Å². The number of imidazole rings is 1. The number of nitrogens with zero attached hydrogens (tertiary/aromatic N) is 2. The Labute approximate surface area is 81.2 Å². The summed E-state index contributed by atoms with van der Waals surface area (Å²) in [5, 5.41) is 0. The van der Waals surface area contributed by atoms with Crippen molar-refractivity contribution in [1.29, 1.82) is 0 Å². The van der Waals surface area contributed by atoms with Gasteiger partial charge in [0.05, 0.1) is 6.54 Å². The van der Waals surface area contributed by atoms with Gasteiger partial charge in [0.1, 0.15) is 5.82 Å². The zero-order chi connectivity index (χ0) is 9.97. The van der Waals surface area contributed by atoms with Crippen LogP contribution in [0.4, 0.5) is 0 Å². The Morgan fingerprint density at radius 2 is 2.43 bits per heavy atom. The second kappa shape index (κ2) is 3.49. The minimum absolute atomic E-state index is 0.0701. The van der Waals surface area contributed by atoms with Crippen molar-refractivity contribution in [1.82, 2.24) is 14.5 Å². The molecule has 0 saturated heterocycles. The van der Waals surface area contributed by atoms with Crippen LogP contribution in [-0.4, -0.2) is 14.5 Å². The number of H-pyrrole nitrogens is 1. The Morgan fingerprint density at radius 1 is 1.57 bits per heavy atom. The number of nitrogens with one attached hydrogen (secondary N) is 1. The van der Waals surface area contributed by atoms with Gasteiger partial charge in [-0.3, -0.25) is 4.79 Å². The van der Waals surface area contributed by atoms with E-state index in [1.807, 2.05) is 10.8 Å². The number of aryl methyl sites for hydroxylation is 1. The lowest BCUT2D eigenvalue weighted by Gasteiger charge is -2.03. The molecule has 0 aliphatic heterocycles. The lowest BCUT2D eigenvalue weighted by molar-refractivity contribution is 0.744. The molecular formula is C10H11N3O. The standard InChI is InChI=1S/C10H11N3O/c1-8-6-13(5-2-9(8)14)7-10-11-3-4-12-10/h2-6H,7H2,1H3,(H,11,12). The molecule has 72 valence electrons. The summed E-state index contributed by atoms with van der Waals surface area (Å²) < 4.78 is 1.93. The highest BCUT2D eigenvalue weighted by molar-refractivity contribution is 5.08. The molecule has 0 fully saturated rings. The maximum absolute atomic E-state index is 11.1. The van der Waals surface area contributed by atoms with Crippen LogP contribution < -0.4 is 5.43 Å². The van der Waals surface area contributed by atoms with Gasteiger partial charge in [0.25, 0.3) is 0 Å². The Kier molecular flexibility index (Phi) is 2.18. The zero-order valence-electron chi connectivity index (χ0n) is 7.90. The van der Waals surface area contributed by atoms with Crippen molar-refractivity contribution < 1.29 is 0 Å². The summed E-state index contributed by atoms with van der Waals surface area (Å²) >= 11 is 0. The molecule has 0 aliphatic rings. The molecule has 2 heterocycles. The molecule has 2 aromatic rings. The van der Waals surface area contributed by atoms with E-state index in [1.165, 1.54) is 0 Å². The van der Waals surface area contributed by atoms with Crippen molar-refractivity contribution in [3.05, 3.63) is 52.5 Å². The van der Waals surface area contributed by atoms with E-state index in [0.717, 1.165) is 11.4 Å². The van der Waals surface area contributed by atoms with Gasteiger partial charge in [0, 0.05) is 36.4 Å². The van der Waals surface area contributed by atoms with Crippen LogP contribution >= 0.6 is 0 Å². The molecule has 2 aromatic heterocycles. The molecule has 2 rings (SSSR count). The SMILES string of the molecule is Cc1cn(Cc2ncc[nH]2)ccc1=O. The van der Waals surface area contributed by atoms with Crippen LogP contribution in [0.3, 0.4) is 0 Å². The Balaban J connectivity index is 2.26. The van der Waals surface area contributed by atoms with Gasteiger partial charge in [0.15, 0.2) is 5.43 Å². The van der Waals surface area contributed by atoms with Crippen LogP contribution in [0.2, 0.25) is 0 Å². The average Bonchev–Trinajstić information content (AvgIpc) is 2.64. The highest BCUT2D eigenvalue weighted by atomic mass is 16.1. The minimum atomic E-state index is 0.0701. The Bertz CT molecular complexity index is 470. The average molecular weight is 189 g/mol. The molecular weight excluding hydrogens is 178 g/mol. The zero-order valence-corrected chi connectivity index (χ0v) is 7.90. The molecule has 0 aliphatic carbocycles. The molecule has 0 saturated carbocycles. The van der Waals surface area contributed by atoms with Crippen LogP contribution in [0.5, 0.6) is 0 Å². The van der Waals surface area contributed by atoms with Crippen LogP contribution in [0, 0.1) is 6.92 Å². The van der Waals surface area contributed by atoms with Crippen molar-refractivity contribution in [2.75, 3.05) is 0 Å². The molecule has 0 aromatic carbocycles. The largest absolute Gasteiger partial charge is 0.347 e. The summed E-state index contributed by atoms with van der Waals surface area (Å²) in [4.78, 5) is 18.3. The van der Waals surface area contributed by atoms with E-state index < -0.39 is 0 Å². The third-order valence-electron chi connectivity index (χ3n) is 2.05. The Hall–Kier alpha value is -1.84. The molecule has 0 amide bonds. The summed E-state index contributed by atoms with van der Waals surface area (Å²) in [5.41, 5.74) is 0.819. The summed E-state index contributed by atoms with van der Waals surface area (Å²) in [5.74, 6) is 0.882. The number of aromatic amines is 1. The van der Waals surface area contributed by atoms with E-state index in [0.29, 0.717) is 6.54 Å². The molecule has 14 heavy (non-hydrogen) atoms. The van der Waals surface area contributed by atoms with Crippen LogP contribution in [0.15, 0.2) is 35.6 Å². The van der Waals surface area contributed by atoms with Gasteiger partial charge in [-0.25, -0.2) is 4.98 Å². The predicted molar refractivity (Wildman–Crippen MR) is 53.1 cm³/mol. The molecule has 0 spiro atoms. The number of pyridine rings is 1. The third-order valence-corrected chi connectivity index (χ3v) is 2.05. The minimum Gasteiger partial charge on any atom is -0.347 e. The normalized spacial score (nSPS) is 10.4. The third kappa shape index (κ3) is 1.74. The highest BCUT2D eigenvalue weighted by Crippen LogP contribution is 1.96. The molecule has 0 unspecified atom stereocenters. The smallest absolute Gasteiger partial charge is 0.184 e. The maximum atomic E-state index is 11.1. The van der Waals surface area contributed by atoms with Gasteiger partial charge < -0.3 is 9.55 Å². The van der Waals surface area contributed by atoms with Crippen molar-refractivity contribution >= 4 is 0 Å². The molecule has 0 atom stereocenters. The molecule has 0 radical (unpaired) electrons. The van der Waals surface area contributed by atoms with Crippen molar-refractivity contribution in [3.8, 4) is 0 Å². The first-order valence-electron chi connectivity index (χ1n) is 4.40. The number of hydrogen-bond donors (Lipinski definition) is 1. The quantitative estimate of drug-likeness (QED) is 0.764. The highest BCUT2D eigenvalue weighted by Gasteiger charge is 1.97. The Morgan fingerprint density at radius 3 is 3.07 bits per heavy atom. The van der Waals surface area contributed by atoms with Crippen LogP contribution in [-0.2, 0) is 6.54 Å². The van der Waals surface area contributed by atoms with Crippen molar-refractivity contribution in [2.45, 2.75) is 13.5 Å². The number of hydrogen-bond acceptors (Lipinski definition) is 2. The topological polar surface area (TPSA) is 50.7 Å². The van der Waals surface area contributed by atoms with E-state index >= 15 is 0 Å². The molecule has 1 N–H and O–H groups in total. The first-order valence-corrected chi connectivity index (χ1v) is 4.40. The van der Waals surface area contributed by atoms with Gasteiger partial charge in [-0.2, -0.15) is 0 Å². The number of aromatic nitrogens is 3. The predicted octanol–water partition coefficient (Wildman–Crippen LogP) is 0.928. The van der Waals surface area contributed by atoms with Gasteiger partial charge >= 0.3 is 0 Å². The molecule has 4 nitrogen and oxygen atoms in total. The van der Waals surface area contributed by atoms with Crippen molar-refractivity contribution in [2.24, 2.45) is 0 Å². The van der Waals surface area contributed by atoms with E-state index in [4.69, 9.17) is 0 Å². The summed E-state index contributed by atoms with van der Waals surface area (Å²) in [7, 11) is 0. The van der Waals surface area contributed by atoms with Gasteiger partial charge in [-0.05, 0) is 6.92 Å². The van der Waals surface area contributed by atoms with E-state index in [1.54, 1.807) is 31.6 Å². The fraction of sp³-hybridized carbons (Fsp3) is 0.200. The van der Waals surface area contributed by atoms with Gasteiger partial charge in [-0.15, -0.1) is 0 Å². The van der Waals surface area contributed by atoms with Crippen LogP contribution in [0.1, 0.15) is 11.4 Å². The number of rotatable bonds is 2. The van der Waals surface area contributed by atoms with Gasteiger partial charge in [-0.1, -0.05) is 0 Å². The fourth-order valence-electron chi connectivity index (χ4n) is 1.31. The summed E-state index contributed by atoms with van der Waals surface area (Å²) in [6.45, 7) is 2.47. The fourth-order valence-corrected chi connectivity index (χ4v) is 1.31. The van der Waals surface area contributed by atoms with Crippen molar-refractivity contribution in [3.63, 3.8) is 0 Å². The van der Waals surface area contributed by atoms with Crippen LogP contribution in [0.25, 0.3) is 0 Å². The second-order valence-corrected chi connectivity index (χ2v) is 3.20.